The highest BCUT2D eigenvalue weighted by Crippen LogP contribution is 2.16. The molecule has 0 saturated carbocycles. The average Bonchev–Trinajstić information content (AvgIpc) is 2.84. The lowest BCUT2D eigenvalue weighted by atomic mass is 10.1. The fourth-order valence-electron chi connectivity index (χ4n) is 2.96. The molecule has 1 saturated heterocycles. The lowest BCUT2D eigenvalue weighted by Crippen LogP contribution is -2.24. The summed E-state index contributed by atoms with van der Waals surface area (Å²) in [7, 11) is 2.21. The van der Waals surface area contributed by atoms with Crippen LogP contribution in [0.4, 0.5) is 0 Å². The van der Waals surface area contributed by atoms with Crippen molar-refractivity contribution >= 4 is 10.8 Å². The number of nitrogens with one attached hydrogen (secondary N) is 1. The van der Waals surface area contributed by atoms with Crippen molar-refractivity contribution in [3.05, 3.63) is 48.0 Å². The van der Waals surface area contributed by atoms with Crippen molar-refractivity contribution in [1.29, 1.82) is 0 Å². The van der Waals surface area contributed by atoms with Crippen LogP contribution in [0.3, 0.4) is 0 Å². The van der Waals surface area contributed by atoms with Gasteiger partial charge < -0.3 is 10.2 Å². The van der Waals surface area contributed by atoms with Crippen molar-refractivity contribution in [2.45, 2.75) is 13.0 Å². The normalized spacial score (nSPS) is 20.2. The van der Waals surface area contributed by atoms with Gasteiger partial charge in [0.1, 0.15) is 0 Å². The summed E-state index contributed by atoms with van der Waals surface area (Å²) in [5.74, 6) is 0.824. The maximum absolute atomic E-state index is 3.60. The Labute approximate surface area is 115 Å². The van der Waals surface area contributed by atoms with Gasteiger partial charge in [0.15, 0.2) is 0 Å². The predicted molar refractivity (Wildman–Crippen MR) is 81.3 cm³/mol. The molecule has 1 N–H and O–H groups in total. The molecule has 0 radical (unpaired) electrons. The first-order chi connectivity index (χ1) is 9.31. The molecule has 1 heterocycles. The van der Waals surface area contributed by atoms with Crippen LogP contribution in [0.15, 0.2) is 42.5 Å². The summed E-state index contributed by atoms with van der Waals surface area (Å²) < 4.78 is 0. The minimum absolute atomic E-state index is 0.824. The van der Waals surface area contributed by atoms with Crippen LogP contribution in [0.25, 0.3) is 10.8 Å². The smallest absolute Gasteiger partial charge is 0.0205 e. The summed E-state index contributed by atoms with van der Waals surface area (Å²) in [4.78, 5) is 2.42. The molecule has 1 aliphatic heterocycles. The molecule has 2 aromatic carbocycles. The SMILES string of the molecule is CN1CCC(CNCc2ccc3ccccc3c2)C1. The van der Waals surface area contributed by atoms with Crippen LogP contribution in [0.1, 0.15) is 12.0 Å². The molecule has 3 rings (SSSR count). The van der Waals surface area contributed by atoms with E-state index in [4.69, 9.17) is 0 Å². The molecule has 0 aromatic heterocycles. The van der Waals surface area contributed by atoms with Gasteiger partial charge in [-0.3, -0.25) is 0 Å². The van der Waals surface area contributed by atoms with Crippen molar-refractivity contribution in [2.24, 2.45) is 5.92 Å². The highest BCUT2D eigenvalue weighted by molar-refractivity contribution is 5.82. The van der Waals surface area contributed by atoms with E-state index in [9.17, 15) is 0 Å². The molecule has 0 spiro atoms. The third-order valence-corrected chi connectivity index (χ3v) is 4.06. The number of fused-ring (bicyclic) bond motifs is 1. The summed E-state index contributed by atoms with van der Waals surface area (Å²) in [5, 5.41) is 6.26. The molecule has 2 aromatic rings. The van der Waals surface area contributed by atoms with Crippen molar-refractivity contribution in [3.63, 3.8) is 0 Å². The van der Waals surface area contributed by atoms with E-state index >= 15 is 0 Å². The monoisotopic (exact) mass is 254 g/mol. The van der Waals surface area contributed by atoms with E-state index in [1.165, 1.54) is 35.8 Å². The Kier molecular flexibility index (Phi) is 3.81. The summed E-state index contributed by atoms with van der Waals surface area (Å²) >= 11 is 0. The maximum Gasteiger partial charge on any atom is 0.0205 e. The van der Waals surface area contributed by atoms with Gasteiger partial charge in [-0.1, -0.05) is 36.4 Å². The molecule has 2 nitrogen and oxygen atoms in total. The van der Waals surface area contributed by atoms with E-state index in [2.05, 4.69) is 59.7 Å². The van der Waals surface area contributed by atoms with Crippen LogP contribution in [-0.4, -0.2) is 31.6 Å². The number of rotatable bonds is 4. The summed E-state index contributed by atoms with van der Waals surface area (Å²) in [6.45, 7) is 4.61. The molecule has 19 heavy (non-hydrogen) atoms. The summed E-state index contributed by atoms with van der Waals surface area (Å²) in [6, 6.07) is 15.3. The van der Waals surface area contributed by atoms with E-state index in [0.29, 0.717) is 0 Å². The highest BCUT2D eigenvalue weighted by atomic mass is 15.1. The molecule has 1 fully saturated rings. The Morgan fingerprint density at radius 1 is 1.16 bits per heavy atom. The zero-order chi connectivity index (χ0) is 13.1. The summed E-state index contributed by atoms with van der Waals surface area (Å²) in [5.41, 5.74) is 1.38. The van der Waals surface area contributed by atoms with Gasteiger partial charge in [-0.05, 0) is 54.9 Å². The van der Waals surface area contributed by atoms with E-state index in [1.54, 1.807) is 0 Å². The quantitative estimate of drug-likeness (QED) is 0.902. The van der Waals surface area contributed by atoms with E-state index < -0.39 is 0 Å². The van der Waals surface area contributed by atoms with Gasteiger partial charge in [-0.25, -0.2) is 0 Å². The lowest BCUT2D eigenvalue weighted by molar-refractivity contribution is 0.388. The van der Waals surface area contributed by atoms with Gasteiger partial charge in [-0.2, -0.15) is 0 Å². The fourth-order valence-corrected chi connectivity index (χ4v) is 2.96. The second-order valence-electron chi connectivity index (χ2n) is 5.73. The predicted octanol–water partition coefficient (Wildman–Crippen LogP) is 2.88. The van der Waals surface area contributed by atoms with E-state index in [-0.39, 0.29) is 0 Å². The topological polar surface area (TPSA) is 15.3 Å². The Morgan fingerprint density at radius 3 is 2.79 bits per heavy atom. The number of hydrogen-bond donors (Lipinski definition) is 1. The summed E-state index contributed by atoms with van der Waals surface area (Å²) in [6.07, 6.45) is 1.33. The second-order valence-corrected chi connectivity index (χ2v) is 5.73. The average molecular weight is 254 g/mol. The maximum atomic E-state index is 3.60. The Hall–Kier alpha value is -1.38. The molecule has 1 unspecified atom stereocenters. The number of benzene rings is 2. The van der Waals surface area contributed by atoms with Crippen molar-refractivity contribution in [3.8, 4) is 0 Å². The van der Waals surface area contributed by atoms with Gasteiger partial charge in [0.25, 0.3) is 0 Å². The highest BCUT2D eigenvalue weighted by Gasteiger charge is 2.18. The third-order valence-electron chi connectivity index (χ3n) is 4.06. The van der Waals surface area contributed by atoms with Crippen LogP contribution in [-0.2, 0) is 6.54 Å². The Morgan fingerprint density at radius 2 is 2.00 bits per heavy atom. The molecular formula is C17H22N2. The molecule has 0 aliphatic carbocycles. The van der Waals surface area contributed by atoms with Crippen LogP contribution in [0, 0.1) is 5.92 Å². The molecule has 100 valence electrons. The van der Waals surface area contributed by atoms with Crippen LogP contribution >= 0.6 is 0 Å². The number of hydrogen-bond acceptors (Lipinski definition) is 2. The molecular weight excluding hydrogens is 232 g/mol. The van der Waals surface area contributed by atoms with Crippen LogP contribution in [0.5, 0.6) is 0 Å². The van der Waals surface area contributed by atoms with Gasteiger partial charge in [0.05, 0.1) is 0 Å². The third kappa shape index (κ3) is 3.14. The van der Waals surface area contributed by atoms with Gasteiger partial charge >= 0.3 is 0 Å². The molecule has 0 bridgehead atoms. The lowest BCUT2D eigenvalue weighted by Gasteiger charge is -2.12. The first-order valence-corrected chi connectivity index (χ1v) is 7.18. The van der Waals surface area contributed by atoms with E-state index in [1.807, 2.05) is 0 Å². The minimum Gasteiger partial charge on any atom is -0.312 e. The molecule has 2 heteroatoms. The van der Waals surface area contributed by atoms with Crippen LogP contribution in [0.2, 0.25) is 0 Å². The molecule has 0 amide bonds. The molecule has 1 atom stereocenters. The Balaban J connectivity index is 1.56. The second kappa shape index (κ2) is 5.72. The minimum atomic E-state index is 0.824. The number of likely N-dealkylation sites (tertiary alicyclic amines) is 1. The largest absolute Gasteiger partial charge is 0.312 e. The zero-order valence-corrected chi connectivity index (χ0v) is 11.6. The first-order valence-electron chi connectivity index (χ1n) is 7.18. The van der Waals surface area contributed by atoms with Crippen molar-refractivity contribution in [1.82, 2.24) is 10.2 Å². The van der Waals surface area contributed by atoms with E-state index in [0.717, 1.165) is 19.0 Å². The van der Waals surface area contributed by atoms with Gasteiger partial charge in [0.2, 0.25) is 0 Å². The first kappa shape index (κ1) is 12.6. The van der Waals surface area contributed by atoms with Gasteiger partial charge in [0, 0.05) is 13.1 Å². The molecule has 1 aliphatic rings. The van der Waals surface area contributed by atoms with Crippen molar-refractivity contribution < 1.29 is 0 Å². The Bertz CT molecular complexity index is 550. The van der Waals surface area contributed by atoms with Crippen LogP contribution < -0.4 is 5.32 Å². The van der Waals surface area contributed by atoms with Gasteiger partial charge in [-0.15, -0.1) is 0 Å². The number of nitrogens with zero attached hydrogens (tertiary/aromatic N) is 1. The van der Waals surface area contributed by atoms with Crippen molar-refractivity contribution in [2.75, 3.05) is 26.7 Å². The zero-order valence-electron chi connectivity index (χ0n) is 11.6. The standard InChI is InChI=1S/C17H22N2/c1-19-9-8-15(13-19)12-18-11-14-6-7-16-4-2-3-5-17(16)10-14/h2-7,10,15,18H,8-9,11-13H2,1H3. The fraction of sp³-hybridized carbons (Fsp3) is 0.412.